The van der Waals surface area contributed by atoms with Crippen molar-refractivity contribution in [3.63, 3.8) is 0 Å². The van der Waals surface area contributed by atoms with E-state index in [2.05, 4.69) is 29.2 Å². The molecule has 1 N–H and O–H groups in total. The molecule has 0 saturated carbocycles. The predicted octanol–water partition coefficient (Wildman–Crippen LogP) is 3.95. The van der Waals surface area contributed by atoms with Crippen LogP contribution in [0.5, 0.6) is 0 Å². The van der Waals surface area contributed by atoms with Gasteiger partial charge in [-0.05, 0) is 38.8 Å². The number of amides is 1. The summed E-state index contributed by atoms with van der Waals surface area (Å²) in [4.78, 5) is 30.5. The number of anilines is 1. The van der Waals surface area contributed by atoms with Crippen molar-refractivity contribution >= 4 is 34.4 Å². The van der Waals surface area contributed by atoms with E-state index in [9.17, 15) is 9.59 Å². The van der Waals surface area contributed by atoms with E-state index in [1.165, 1.54) is 11.8 Å². The molecule has 1 amide bonds. The number of rotatable bonds is 7. The van der Waals surface area contributed by atoms with E-state index in [0.29, 0.717) is 28.4 Å². The van der Waals surface area contributed by atoms with Crippen LogP contribution < -0.4 is 10.9 Å². The Bertz CT molecular complexity index is 1070. The molecule has 0 unspecified atom stereocenters. The molecule has 1 atom stereocenters. The lowest BCUT2D eigenvalue weighted by Gasteiger charge is -2.18. The monoisotopic (exact) mass is 413 g/mol. The van der Waals surface area contributed by atoms with Crippen LogP contribution in [-0.4, -0.2) is 30.5 Å². The molecule has 8 heteroatoms. The number of carbonyl (C=O) groups excluding carboxylic acids is 1. The summed E-state index contributed by atoms with van der Waals surface area (Å²) in [6.07, 6.45) is 1.67. The predicted molar refractivity (Wildman–Crippen MR) is 117 cm³/mol. The second-order valence-corrected chi connectivity index (χ2v) is 9.03. The number of carbonyl (C=O) groups is 1. The van der Waals surface area contributed by atoms with Gasteiger partial charge in [0.25, 0.3) is 5.56 Å². The first-order valence-corrected chi connectivity index (χ1v) is 10.7. The third-order valence-electron chi connectivity index (χ3n) is 4.44. The highest BCUT2D eigenvalue weighted by atomic mass is 32.2. The van der Waals surface area contributed by atoms with Crippen molar-refractivity contribution < 1.29 is 4.79 Å². The fraction of sp³-hybridized carbons (Fsp3) is 0.429. The highest BCUT2D eigenvalue weighted by Crippen LogP contribution is 2.24. The zero-order valence-corrected chi connectivity index (χ0v) is 18.2. The topological polar surface area (TPSA) is 81.8 Å². The molecular weight excluding hydrogens is 386 g/mol. The molecular formula is C21H27N5O2S. The van der Waals surface area contributed by atoms with Crippen LogP contribution in [0.1, 0.15) is 40.7 Å². The van der Waals surface area contributed by atoms with Gasteiger partial charge in [0.1, 0.15) is 5.82 Å². The molecule has 0 aliphatic carbocycles. The molecule has 29 heavy (non-hydrogen) atoms. The summed E-state index contributed by atoms with van der Waals surface area (Å²) >= 11 is 1.30. The summed E-state index contributed by atoms with van der Waals surface area (Å²) in [5.41, 5.74) is 0.572. The van der Waals surface area contributed by atoms with Crippen LogP contribution in [0.25, 0.3) is 10.9 Å². The van der Waals surface area contributed by atoms with Gasteiger partial charge in [0.15, 0.2) is 5.16 Å². The van der Waals surface area contributed by atoms with Crippen LogP contribution in [0.15, 0.2) is 46.5 Å². The molecule has 0 spiro atoms. The number of fused-ring (bicyclic) bond motifs is 1. The van der Waals surface area contributed by atoms with Gasteiger partial charge >= 0.3 is 0 Å². The van der Waals surface area contributed by atoms with Crippen molar-refractivity contribution in [2.45, 2.75) is 57.6 Å². The molecule has 3 rings (SSSR count). The first-order chi connectivity index (χ1) is 13.8. The van der Waals surface area contributed by atoms with Crippen LogP contribution in [0.3, 0.4) is 0 Å². The van der Waals surface area contributed by atoms with Crippen LogP contribution in [0.2, 0.25) is 0 Å². The Kier molecular flexibility index (Phi) is 6.42. The number of nitrogens with zero attached hydrogens (tertiary/aromatic N) is 4. The van der Waals surface area contributed by atoms with Gasteiger partial charge in [0, 0.05) is 18.7 Å². The highest BCUT2D eigenvalue weighted by molar-refractivity contribution is 8.00. The third kappa shape index (κ3) is 4.70. The highest BCUT2D eigenvalue weighted by Gasteiger charge is 2.21. The lowest BCUT2D eigenvalue weighted by Crippen LogP contribution is -2.28. The van der Waals surface area contributed by atoms with Crippen molar-refractivity contribution in [3.05, 3.63) is 46.9 Å². The van der Waals surface area contributed by atoms with Gasteiger partial charge in [-0.1, -0.05) is 37.7 Å². The average molecular weight is 414 g/mol. The Labute approximate surface area is 174 Å². The molecule has 0 fully saturated rings. The van der Waals surface area contributed by atoms with Crippen LogP contribution in [0.4, 0.5) is 5.82 Å². The van der Waals surface area contributed by atoms with Gasteiger partial charge in [-0.2, -0.15) is 5.10 Å². The molecule has 0 bridgehead atoms. The Morgan fingerprint density at radius 1 is 1.14 bits per heavy atom. The molecule has 0 saturated heterocycles. The van der Waals surface area contributed by atoms with Crippen molar-refractivity contribution in [3.8, 4) is 0 Å². The van der Waals surface area contributed by atoms with E-state index in [-0.39, 0.29) is 23.4 Å². The molecule has 2 aromatic heterocycles. The van der Waals surface area contributed by atoms with Crippen molar-refractivity contribution in [2.75, 3.05) is 5.32 Å². The number of thioether (sulfide) groups is 1. The maximum absolute atomic E-state index is 13.0. The average Bonchev–Trinajstić information content (AvgIpc) is 3.13. The summed E-state index contributed by atoms with van der Waals surface area (Å²) in [6, 6.07) is 9.23. The van der Waals surface area contributed by atoms with Gasteiger partial charge in [-0.3, -0.25) is 14.2 Å². The quantitative estimate of drug-likeness (QED) is 0.468. The number of nitrogens with one attached hydrogen (secondary N) is 1. The Morgan fingerprint density at radius 3 is 2.55 bits per heavy atom. The first-order valence-electron chi connectivity index (χ1n) is 9.78. The number of hydrogen-bond acceptors (Lipinski definition) is 5. The minimum absolute atomic E-state index is 0.0720. The number of para-hydroxylation sites is 1. The third-order valence-corrected chi connectivity index (χ3v) is 5.53. The van der Waals surface area contributed by atoms with Crippen molar-refractivity contribution in [1.29, 1.82) is 0 Å². The maximum Gasteiger partial charge on any atom is 0.262 e. The summed E-state index contributed by atoms with van der Waals surface area (Å²) in [6.45, 7) is 10.5. The van der Waals surface area contributed by atoms with Crippen LogP contribution >= 0.6 is 11.8 Å². The van der Waals surface area contributed by atoms with Gasteiger partial charge in [-0.15, -0.1) is 0 Å². The molecule has 3 aromatic rings. The summed E-state index contributed by atoms with van der Waals surface area (Å²) in [5, 5.41) is 7.89. The molecule has 1 aromatic carbocycles. The fourth-order valence-corrected chi connectivity index (χ4v) is 3.95. The lowest BCUT2D eigenvalue weighted by atomic mass is 10.2. The number of benzene rings is 1. The lowest BCUT2D eigenvalue weighted by molar-refractivity contribution is -0.115. The van der Waals surface area contributed by atoms with E-state index in [1.54, 1.807) is 27.6 Å². The molecule has 0 aliphatic rings. The second kappa shape index (κ2) is 8.82. The molecule has 154 valence electrons. The van der Waals surface area contributed by atoms with Gasteiger partial charge in [0.2, 0.25) is 5.91 Å². The number of hydrogen-bond donors (Lipinski definition) is 1. The van der Waals surface area contributed by atoms with Gasteiger partial charge in [-0.25, -0.2) is 9.67 Å². The smallest absolute Gasteiger partial charge is 0.262 e. The van der Waals surface area contributed by atoms with E-state index in [1.807, 2.05) is 39.0 Å². The van der Waals surface area contributed by atoms with E-state index >= 15 is 0 Å². The molecule has 2 heterocycles. The first kappa shape index (κ1) is 21.1. The Balaban J connectivity index is 1.88. The number of aromatic nitrogens is 4. The summed E-state index contributed by atoms with van der Waals surface area (Å²) < 4.78 is 3.44. The summed E-state index contributed by atoms with van der Waals surface area (Å²) in [7, 11) is 0. The Morgan fingerprint density at radius 2 is 1.86 bits per heavy atom. The van der Waals surface area contributed by atoms with E-state index in [4.69, 9.17) is 0 Å². The molecule has 0 aliphatic heterocycles. The van der Waals surface area contributed by atoms with Gasteiger partial charge in [0.05, 0.1) is 22.3 Å². The molecule has 7 nitrogen and oxygen atoms in total. The largest absolute Gasteiger partial charge is 0.310 e. The van der Waals surface area contributed by atoms with Crippen molar-refractivity contribution in [2.24, 2.45) is 5.92 Å². The van der Waals surface area contributed by atoms with E-state index < -0.39 is 5.25 Å². The van der Waals surface area contributed by atoms with E-state index in [0.717, 1.165) is 0 Å². The van der Waals surface area contributed by atoms with Gasteiger partial charge < -0.3 is 5.32 Å². The van der Waals surface area contributed by atoms with Crippen LogP contribution in [-0.2, 0) is 11.3 Å². The van der Waals surface area contributed by atoms with Crippen molar-refractivity contribution in [1.82, 2.24) is 19.3 Å². The SMILES string of the molecule is CC(C)Cn1c(S[C@@H](C)C(=O)Nc2ccnn2C(C)C)nc2ccccc2c1=O. The summed E-state index contributed by atoms with van der Waals surface area (Å²) in [5.74, 6) is 0.777. The van der Waals surface area contributed by atoms with Crippen LogP contribution in [0, 0.1) is 5.92 Å². The second-order valence-electron chi connectivity index (χ2n) is 7.73. The fourth-order valence-electron chi connectivity index (χ4n) is 3.03. The molecule has 0 radical (unpaired) electrons. The Hall–Kier alpha value is -2.61. The zero-order valence-electron chi connectivity index (χ0n) is 17.4. The minimum Gasteiger partial charge on any atom is -0.310 e. The normalized spacial score (nSPS) is 12.7. The maximum atomic E-state index is 13.0. The zero-order chi connectivity index (χ0) is 21.1. The standard InChI is InChI=1S/C21H27N5O2S/c1-13(2)12-25-20(28)16-8-6-7-9-17(16)23-21(25)29-15(5)19(27)24-18-10-11-22-26(18)14(3)4/h6-11,13-15H,12H2,1-5H3,(H,24,27)/t15-/m0/s1. The minimum atomic E-state index is -0.433.